The molecule has 0 bridgehead atoms. The summed E-state index contributed by atoms with van der Waals surface area (Å²) in [5.41, 5.74) is 0.171. The van der Waals surface area contributed by atoms with Crippen LogP contribution in [0.1, 0.15) is 25.7 Å². The van der Waals surface area contributed by atoms with Crippen molar-refractivity contribution < 1.29 is 4.74 Å². The first kappa shape index (κ1) is 12.9. The molecule has 2 heterocycles. The Morgan fingerprint density at radius 2 is 1.94 bits per heavy atom. The Kier molecular flexibility index (Phi) is 4.22. The van der Waals surface area contributed by atoms with Gasteiger partial charge in [-0.3, -0.25) is 0 Å². The van der Waals surface area contributed by atoms with Crippen molar-refractivity contribution in [3.8, 4) is 0 Å². The topological polar surface area (TPSA) is 9.23 Å². The van der Waals surface area contributed by atoms with Gasteiger partial charge in [0.05, 0.1) is 5.60 Å². The summed E-state index contributed by atoms with van der Waals surface area (Å²) >= 11 is 4.12. The Hall–Kier alpha value is -0.120. The van der Waals surface area contributed by atoms with E-state index in [1.54, 1.807) is 0 Å². The molecule has 1 nitrogen and oxygen atoms in total. The highest BCUT2D eigenvalue weighted by Crippen LogP contribution is 2.45. The predicted octanol–water partition coefficient (Wildman–Crippen LogP) is 4.22. The molecule has 1 spiro atoms. The van der Waals surface area contributed by atoms with Gasteiger partial charge in [-0.1, -0.05) is 18.2 Å². The number of thioether (sulfide) groups is 2. The SMILES string of the molecule is c1ccc(SC2CCCOC23CCSCC3)cc1. The first-order chi connectivity index (χ1) is 8.89. The van der Waals surface area contributed by atoms with Crippen molar-refractivity contribution in [2.24, 2.45) is 0 Å². The second-order valence-electron chi connectivity index (χ2n) is 5.09. The molecule has 18 heavy (non-hydrogen) atoms. The lowest BCUT2D eigenvalue weighted by atomic mass is 9.87. The van der Waals surface area contributed by atoms with Crippen LogP contribution in [0.15, 0.2) is 35.2 Å². The van der Waals surface area contributed by atoms with E-state index in [-0.39, 0.29) is 5.60 Å². The average Bonchev–Trinajstić information content (AvgIpc) is 2.44. The fourth-order valence-corrected chi connectivity index (χ4v) is 5.54. The summed E-state index contributed by atoms with van der Waals surface area (Å²) < 4.78 is 6.26. The quantitative estimate of drug-likeness (QED) is 0.802. The van der Waals surface area contributed by atoms with Crippen molar-refractivity contribution in [2.75, 3.05) is 18.1 Å². The van der Waals surface area contributed by atoms with E-state index < -0.39 is 0 Å². The maximum absolute atomic E-state index is 6.26. The fraction of sp³-hybridized carbons (Fsp3) is 0.600. The largest absolute Gasteiger partial charge is 0.374 e. The maximum Gasteiger partial charge on any atom is 0.0819 e. The van der Waals surface area contributed by atoms with Crippen molar-refractivity contribution in [3.63, 3.8) is 0 Å². The number of hydrogen-bond acceptors (Lipinski definition) is 3. The van der Waals surface area contributed by atoms with E-state index in [2.05, 4.69) is 42.1 Å². The Bertz CT molecular complexity index is 365. The van der Waals surface area contributed by atoms with E-state index >= 15 is 0 Å². The van der Waals surface area contributed by atoms with Gasteiger partial charge < -0.3 is 4.74 Å². The minimum atomic E-state index is 0.171. The molecule has 3 heteroatoms. The molecule has 0 N–H and O–H groups in total. The van der Waals surface area contributed by atoms with E-state index in [0.29, 0.717) is 5.25 Å². The van der Waals surface area contributed by atoms with Gasteiger partial charge >= 0.3 is 0 Å². The molecule has 3 rings (SSSR count). The van der Waals surface area contributed by atoms with Crippen molar-refractivity contribution in [1.29, 1.82) is 0 Å². The number of hydrogen-bond donors (Lipinski definition) is 0. The second kappa shape index (κ2) is 5.89. The first-order valence-corrected chi connectivity index (χ1v) is 8.86. The van der Waals surface area contributed by atoms with Crippen LogP contribution in [-0.4, -0.2) is 29.0 Å². The van der Waals surface area contributed by atoms with Gasteiger partial charge in [0.25, 0.3) is 0 Å². The molecule has 2 saturated heterocycles. The zero-order valence-corrected chi connectivity index (χ0v) is 12.3. The third-order valence-corrected chi connectivity index (χ3v) is 6.43. The molecule has 1 atom stereocenters. The summed E-state index contributed by atoms with van der Waals surface area (Å²) in [6, 6.07) is 10.8. The van der Waals surface area contributed by atoms with Gasteiger partial charge in [-0.2, -0.15) is 11.8 Å². The Morgan fingerprint density at radius 3 is 2.72 bits per heavy atom. The zero-order valence-electron chi connectivity index (χ0n) is 10.6. The standard InChI is InChI=1S/C15H20OS2/c1-2-5-13(6-3-1)18-14-7-4-10-16-15(14)8-11-17-12-9-15/h1-3,5-6,14H,4,7-12H2. The van der Waals surface area contributed by atoms with Gasteiger partial charge in [-0.25, -0.2) is 0 Å². The molecule has 1 aromatic carbocycles. The Morgan fingerprint density at radius 1 is 1.17 bits per heavy atom. The molecular weight excluding hydrogens is 260 g/mol. The maximum atomic E-state index is 6.26. The van der Waals surface area contributed by atoms with Gasteiger partial charge in [0.2, 0.25) is 0 Å². The monoisotopic (exact) mass is 280 g/mol. The van der Waals surface area contributed by atoms with E-state index in [4.69, 9.17) is 4.74 Å². The lowest BCUT2D eigenvalue weighted by Crippen LogP contribution is -2.49. The average molecular weight is 280 g/mol. The summed E-state index contributed by atoms with van der Waals surface area (Å²) in [4.78, 5) is 1.39. The van der Waals surface area contributed by atoms with Gasteiger partial charge in [-0.15, -0.1) is 11.8 Å². The molecule has 0 amide bonds. The second-order valence-corrected chi connectivity index (χ2v) is 7.59. The summed E-state index contributed by atoms with van der Waals surface area (Å²) in [5, 5.41) is 0.648. The van der Waals surface area contributed by atoms with Gasteiger partial charge in [0.15, 0.2) is 0 Å². The predicted molar refractivity (Wildman–Crippen MR) is 80.6 cm³/mol. The summed E-state index contributed by atoms with van der Waals surface area (Å²) in [5.74, 6) is 2.54. The van der Waals surface area contributed by atoms with Gasteiger partial charge in [0.1, 0.15) is 0 Å². The molecule has 0 saturated carbocycles. The molecule has 2 aliphatic heterocycles. The van der Waals surface area contributed by atoms with Crippen molar-refractivity contribution in [1.82, 2.24) is 0 Å². The third kappa shape index (κ3) is 2.73. The molecule has 2 fully saturated rings. The van der Waals surface area contributed by atoms with Crippen LogP contribution in [0.3, 0.4) is 0 Å². The molecule has 2 aliphatic rings. The molecule has 98 valence electrons. The van der Waals surface area contributed by atoms with Crippen molar-refractivity contribution in [3.05, 3.63) is 30.3 Å². The summed E-state index contributed by atoms with van der Waals surface area (Å²) in [7, 11) is 0. The van der Waals surface area contributed by atoms with Crippen LogP contribution in [-0.2, 0) is 4.74 Å². The molecule has 0 radical (unpaired) electrons. The molecule has 1 unspecified atom stereocenters. The van der Waals surface area contributed by atoms with Crippen molar-refractivity contribution >= 4 is 23.5 Å². The van der Waals surface area contributed by atoms with E-state index in [0.717, 1.165) is 6.61 Å². The Balaban J connectivity index is 1.75. The normalized spacial score (nSPS) is 27.2. The van der Waals surface area contributed by atoms with Crippen LogP contribution in [0.25, 0.3) is 0 Å². The third-order valence-electron chi connectivity index (χ3n) is 3.95. The highest BCUT2D eigenvalue weighted by atomic mass is 32.2. The van der Waals surface area contributed by atoms with E-state index in [9.17, 15) is 0 Å². The number of ether oxygens (including phenoxy) is 1. The minimum absolute atomic E-state index is 0.171. The molecule has 0 aliphatic carbocycles. The zero-order chi connectivity index (χ0) is 12.3. The van der Waals surface area contributed by atoms with Gasteiger partial charge in [-0.05, 0) is 49.3 Å². The molecule has 1 aromatic rings. The molecular formula is C15H20OS2. The van der Waals surface area contributed by atoms with Crippen LogP contribution in [0.4, 0.5) is 0 Å². The highest BCUT2D eigenvalue weighted by molar-refractivity contribution is 8.00. The van der Waals surface area contributed by atoms with Crippen LogP contribution < -0.4 is 0 Å². The smallest absolute Gasteiger partial charge is 0.0819 e. The highest BCUT2D eigenvalue weighted by Gasteiger charge is 2.43. The fourth-order valence-electron chi connectivity index (χ4n) is 2.91. The van der Waals surface area contributed by atoms with Gasteiger partial charge in [0, 0.05) is 16.8 Å². The van der Waals surface area contributed by atoms with Crippen LogP contribution >= 0.6 is 23.5 Å². The van der Waals surface area contributed by atoms with Crippen LogP contribution in [0.5, 0.6) is 0 Å². The van der Waals surface area contributed by atoms with Crippen LogP contribution in [0.2, 0.25) is 0 Å². The summed E-state index contributed by atoms with van der Waals surface area (Å²) in [6.45, 7) is 0.969. The van der Waals surface area contributed by atoms with Crippen molar-refractivity contribution in [2.45, 2.75) is 41.4 Å². The van der Waals surface area contributed by atoms with E-state index in [1.165, 1.54) is 42.1 Å². The lowest BCUT2D eigenvalue weighted by molar-refractivity contribution is -0.0774. The van der Waals surface area contributed by atoms with Crippen LogP contribution in [0, 0.1) is 0 Å². The minimum Gasteiger partial charge on any atom is -0.374 e. The first-order valence-electron chi connectivity index (χ1n) is 6.82. The Labute approximate surface area is 118 Å². The summed E-state index contributed by atoms with van der Waals surface area (Å²) in [6.07, 6.45) is 5.01. The van der Waals surface area contributed by atoms with E-state index in [1.807, 2.05) is 11.8 Å². The number of rotatable bonds is 2. The number of benzene rings is 1. The molecule has 0 aromatic heterocycles. The lowest BCUT2D eigenvalue weighted by Gasteiger charge is -2.46.